The number of hydrogen-bond donors (Lipinski definition) is 0. The smallest absolute Gasteiger partial charge is 0.264 e. The van der Waals surface area contributed by atoms with Gasteiger partial charge < -0.3 is 9.64 Å². The fourth-order valence-corrected chi connectivity index (χ4v) is 3.22. The first kappa shape index (κ1) is 13.3. The van der Waals surface area contributed by atoms with Crippen LogP contribution in [0.4, 0.5) is 0 Å². The monoisotopic (exact) mass is 287 g/mol. The van der Waals surface area contributed by atoms with Gasteiger partial charge in [-0.05, 0) is 23.9 Å². The third-order valence-corrected chi connectivity index (χ3v) is 4.31. The molecule has 0 spiro atoms. The van der Waals surface area contributed by atoms with Crippen molar-refractivity contribution in [1.82, 2.24) is 4.90 Å². The van der Waals surface area contributed by atoms with E-state index >= 15 is 0 Å². The maximum atomic E-state index is 12.5. The van der Waals surface area contributed by atoms with Crippen LogP contribution in [-0.2, 0) is 4.74 Å². The number of morpholine rings is 1. The Balaban J connectivity index is 1.78. The highest BCUT2D eigenvalue weighted by molar-refractivity contribution is 7.12. The van der Waals surface area contributed by atoms with E-state index in [9.17, 15) is 4.79 Å². The highest BCUT2D eigenvalue weighted by Gasteiger charge is 2.30. The fourth-order valence-electron chi connectivity index (χ4n) is 2.53. The number of thiophene rings is 1. The summed E-state index contributed by atoms with van der Waals surface area (Å²) in [7, 11) is 0. The summed E-state index contributed by atoms with van der Waals surface area (Å²) in [4.78, 5) is 15.2. The van der Waals surface area contributed by atoms with Crippen LogP contribution in [0.3, 0.4) is 0 Å². The molecule has 3 rings (SSSR count). The highest BCUT2D eigenvalue weighted by atomic mass is 32.1. The first-order valence-electron chi connectivity index (χ1n) is 6.77. The molecule has 1 saturated heterocycles. The van der Waals surface area contributed by atoms with Gasteiger partial charge in [-0.15, -0.1) is 11.3 Å². The number of carbonyl (C=O) groups excluding carboxylic acids is 1. The Morgan fingerprint density at radius 2 is 2.00 bits per heavy atom. The summed E-state index contributed by atoms with van der Waals surface area (Å²) in [6.45, 7) is 3.29. The molecule has 0 bridgehead atoms. The van der Waals surface area contributed by atoms with Crippen molar-refractivity contribution in [3.63, 3.8) is 0 Å². The van der Waals surface area contributed by atoms with Crippen molar-refractivity contribution >= 4 is 17.2 Å². The molecule has 0 saturated carbocycles. The van der Waals surface area contributed by atoms with Gasteiger partial charge in [0.2, 0.25) is 0 Å². The molecule has 3 nitrogen and oxygen atoms in total. The van der Waals surface area contributed by atoms with Gasteiger partial charge in [0.1, 0.15) is 6.10 Å². The van der Waals surface area contributed by atoms with E-state index < -0.39 is 0 Å². The Morgan fingerprint density at radius 3 is 2.70 bits per heavy atom. The third-order valence-electron chi connectivity index (χ3n) is 3.45. The average molecular weight is 287 g/mol. The minimum absolute atomic E-state index is 0.0381. The van der Waals surface area contributed by atoms with E-state index in [1.165, 1.54) is 11.3 Å². The zero-order chi connectivity index (χ0) is 13.9. The van der Waals surface area contributed by atoms with E-state index in [0.717, 1.165) is 10.4 Å². The topological polar surface area (TPSA) is 29.5 Å². The minimum Gasteiger partial charge on any atom is -0.367 e. The summed E-state index contributed by atoms with van der Waals surface area (Å²) in [5.74, 6) is 0.107. The van der Waals surface area contributed by atoms with Gasteiger partial charge in [0, 0.05) is 6.54 Å². The van der Waals surface area contributed by atoms with Crippen LogP contribution in [0.1, 0.15) is 28.3 Å². The lowest BCUT2D eigenvalue weighted by molar-refractivity contribution is -0.0690. The van der Waals surface area contributed by atoms with E-state index in [4.69, 9.17) is 4.74 Å². The lowest BCUT2D eigenvalue weighted by Crippen LogP contribution is -2.45. The number of rotatable bonds is 2. The number of amides is 1. The van der Waals surface area contributed by atoms with Crippen LogP contribution in [-0.4, -0.2) is 30.0 Å². The van der Waals surface area contributed by atoms with E-state index in [-0.39, 0.29) is 18.1 Å². The fraction of sp³-hybridized carbons (Fsp3) is 0.312. The maximum absolute atomic E-state index is 12.5. The zero-order valence-corrected chi connectivity index (χ0v) is 12.2. The van der Waals surface area contributed by atoms with Crippen molar-refractivity contribution in [3.8, 4) is 0 Å². The molecule has 4 heteroatoms. The molecule has 0 radical (unpaired) electrons. The van der Waals surface area contributed by atoms with E-state index in [2.05, 4.69) is 12.1 Å². The quantitative estimate of drug-likeness (QED) is 0.847. The lowest BCUT2D eigenvalue weighted by atomic mass is 10.1. The summed E-state index contributed by atoms with van der Waals surface area (Å²) in [6, 6.07) is 13.9. The van der Waals surface area contributed by atoms with E-state index in [1.807, 2.05) is 47.5 Å². The van der Waals surface area contributed by atoms with Crippen LogP contribution in [0.5, 0.6) is 0 Å². The van der Waals surface area contributed by atoms with Crippen molar-refractivity contribution in [2.45, 2.75) is 19.1 Å². The second kappa shape index (κ2) is 5.77. The van der Waals surface area contributed by atoms with Crippen LogP contribution >= 0.6 is 11.3 Å². The number of nitrogens with zero attached hydrogens (tertiary/aromatic N) is 1. The predicted molar refractivity (Wildman–Crippen MR) is 80.0 cm³/mol. The van der Waals surface area contributed by atoms with Gasteiger partial charge in [0.25, 0.3) is 5.91 Å². The molecule has 1 fully saturated rings. The first-order chi connectivity index (χ1) is 9.74. The second-order valence-corrected chi connectivity index (χ2v) is 5.98. The number of benzene rings is 1. The normalized spacial score (nSPS) is 22.8. The molecule has 1 amide bonds. The second-order valence-electron chi connectivity index (χ2n) is 5.03. The third kappa shape index (κ3) is 2.76. The maximum Gasteiger partial charge on any atom is 0.264 e. The molecule has 20 heavy (non-hydrogen) atoms. The summed E-state index contributed by atoms with van der Waals surface area (Å²) >= 11 is 1.49. The van der Waals surface area contributed by atoms with Gasteiger partial charge >= 0.3 is 0 Å². The summed E-state index contributed by atoms with van der Waals surface area (Å²) in [5.41, 5.74) is 1.13. The number of ether oxygens (including phenoxy) is 1. The van der Waals surface area contributed by atoms with Gasteiger partial charge in [-0.2, -0.15) is 0 Å². The highest BCUT2D eigenvalue weighted by Crippen LogP contribution is 2.26. The van der Waals surface area contributed by atoms with E-state index in [0.29, 0.717) is 13.1 Å². The van der Waals surface area contributed by atoms with Crippen molar-refractivity contribution < 1.29 is 9.53 Å². The largest absolute Gasteiger partial charge is 0.367 e. The Hall–Kier alpha value is -1.65. The Kier molecular flexibility index (Phi) is 3.85. The molecular formula is C16H17NO2S. The molecule has 2 unspecified atom stereocenters. The standard InChI is InChI=1S/C16H17NO2S/c1-12-10-17(16(18)15-8-5-9-20-15)11-14(19-12)13-6-3-2-4-7-13/h2-9,12,14H,10-11H2,1H3. The average Bonchev–Trinajstić information content (AvgIpc) is 3.01. The predicted octanol–water partition coefficient (Wildman–Crippen LogP) is 3.35. The van der Waals surface area contributed by atoms with E-state index in [1.54, 1.807) is 0 Å². The summed E-state index contributed by atoms with van der Waals surface area (Å²) < 4.78 is 5.98. The van der Waals surface area contributed by atoms with Crippen LogP contribution in [0, 0.1) is 0 Å². The molecule has 2 aromatic rings. The molecule has 0 N–H and O–H groups in total. The molecule has 104 valence electrons. The molecule has 0 aliphatic carbocycles. The lowest BCUT2D eigenvalue weighted by Gasteiger charge is -2.36. The molecule has 1 aliphatic heterocycles. The Bertz CT molecular complexity index is 567. The van der Waals surface area contributed by atoms with Gasteiger partial charge in [-0.1, -0.05) is 36.4 Å². The molecule has 1 aromatic heterocycles. The van der Waals surface area contributed by atoms with Crippen LogP contribution in [0.2, 0.25) is 0 Å². The molecular weight excluding hydrogens is 270 g/mol. The number of hydrogen-bond acceptors (Lipinski definition) is 3. The number of carbonyl (C=O) groups is 1. The Labute approximate surface area is 122 Å². The van der Waals surface area contributed by atoms with Gasteiger partial charge in [0.15, 0.2) is 0 Å². The SMILES string of the molecule is CC1CN(C(=O)c2cccs2)CC(c2ccccc2)O1. The molecule has 2 atom stereocenters. The van der Waals surface area contributed by atoms with Gasteiger partial charge in [-0.25, -0.2) is 0 Å². The van der Waals surface area contributed by atoms with Crippen molar-refractivity contribution in [2.24, 2.45) is 0 Å². The summed E-state index contributed by atoms with van der Waals surface area (Å²) in [6.07, 6.45) is 0.0155. The van der Waals surface area contributed by atoms with Crippen LogP contribution < -0.4 is 0 Å². The molecule has 1 aromatic carbocycles. The van der Waals surface area contributed by atoms with Gasteiger partial charge in [-0.3, -0.25) is 4.79 Å². The van der Waals surface area contributed by atoms with Crippen molar-refractivity contribution in [2.75, 3.05) is 13.1 Å². The van der Waals surface area contributed by atoms with Crippen LogP contribution in [0.25, 0.3) is 0 Å². The zero-order valence-electron chi connectivity index (χ0n) is 11.4. The molecule has 2 heterocycles. The minimum atomic E-state index is -0.0381. The summed E-state index contributed by atoms with van der Waals surface area (Å²) in [5, 5.41) is 1.94. The van der Waals surface area contributed by atoms with Gasteiger partial charge in [0.05, 0.1) is 17.5 Å². The van der Waals surface area contributed by atoms with Crippen molar-refractivity contribution in [1.29, 1.82) is 0 Å². The first-order valence-corrected chi connectivity index (χ1v) is 7.65. The van der Waals surface area contributed by atoms with Crippen LogP contribution in [0.15, 0.2) is 47.8 Å². The van der Waals surface area contributed by atoms with Crippen molar-refractivity contribution in [3.05, 3.63) is 58.3 Å². The Morgan fingerprint density at radius 1 is 1.20 bits per heavy atom. The molecule has 1 aliphatic rings.